The Hall–Kier alpha value is -1.97. The molecule has 0 fully saturated rings. The normalized spacial score (nSPS) is 10.5. The number of carbonyl (C=O) groups is 1. The number of aryl methyl sites for hydroxylation is 1. The zero-order valence-corrected chi connectivity index (χ0v) is 7.95. The van der Waals surface area contributed by atoms with E-state index in [9.17, 15) is 14.3 Å². The Morgan fingerprint density at radius 2 is 2.13 bits per heavy atom. The highest BCUT2D eigenvalue weighted by atomic mass is 19.1. The van der Waals surface area contributed by atoms with Gasteiger partial charge < -0.3 is 9.90 Å². The van der Waals surface area contributed by atoms with E-state index in [4.69, 9.17) is 0 Å². The summed E-state index contributed by atoms with van der Waals surface area (Å²) in [5.74, 6) is -1.81. The molecule has 2 aromatic rings. The maximum atomic E-state index is 12.9. The van der Waals surface area contributed by atoms with E-state index in [-0.39, 0.29) is 10.9 Å². The monoisotopic (exact) mass is 204 g/mol. The molecule has 15 heavy (non-hydrogen) atoms. The van der Waals surface area contributed by atoms with Crippen LogP contribution < -0.4 is 5.11 Å². The van der Waals surface area contributed by atoms with Gasteiger partial charge in [-0.3, -0.25) is 4.98 Å². The van der Waals surface area contributed by atoms with E-state index >= 15 is 0 Å². The van der Waals surface area contributed by atoms with Crippen LogP contribution in [0.25, 0.3) is 10.9 Å². The zero-order valence-electron chi connectivity index (χ0n) is 7.95. The summed E-state index contributed by atoms with van der Waals surface area (Å²) in [5.41, 5.74) is 0.987. The highest BCUT2D eigenvalue weighted by Crippen LogP contribution is 2.18. The van der Waals surface area contributed by atoms with E-state index in [0.717, 1.165) is 6.07 Å². The Kier molecular flexibility index (Phi) is 2.11. The first-order chi connectivity index (χ1) is 7.08. The van der Waals surface area contributed by atoms with Gasteiger partial charge in [0.1, 0.15) is 5.82 Å². The molecule has 76 valence electrons. The number of pyridine rings is 1. The molecule has 0 amide bonds. The maximum absolute atomic E-state index is 12.9. The molecule has 0 N–H and O–H groups in total. The third-order valence-corrected chi connectivity index (χ3v) is 2.12. The van der Waals surface area contributed by atoms with Gasteiger partial charge in [-0.1, -0.05) is 0 Å². The quantitative estimate of drug-likeness (QED) is 0.697. The molecule has 0 saturated heterocycles. The summed E-state index contributed by atoms with van der Waals surface area (Å²) < 4.78 is 12.9. The van der Waals surface area contributed by atoms with Gasteiger partial charge in [-0.05, 0) is 31.2 Å². The first-order valence-electron chi connectivity index (χ1n) is 4.36. The molecule has 0 saturated carbocycles. The van der Waals surface area contributed by atoms with Crippen molar-refractivity contribution < 1.29 is 14.3 Å². The Labute approximate surface area is 85.2 Å². The number of rotatable bonds is 1. The third-order valence-electron chi connectivity index (χ3n) is 2.12. The number of aromatic carboxylic acids is 1. The lowest BCUT2D eigenvalue weighted by Gasteiger charge is -2.08. The van der Waals surface area contributed by atoms with Crippen molar-refractivity contribution in [2.24, 2.45) is 0 Å². The van der Waals surface area contributed by atoms with Crippen molar-refractivity contribution >= 4 is 16.9 Å². The summed E-state index contributed by atoms with van der Waals surface area (Å²) in [6.45, 7) is 1.68. The highest BCUT2D eigenvalue weighted by Gasteiger charge is 2.05. The van der Waals surface area contributed by atoms with Crippen molar-refractivity contribution in [3.8, 4) is 0 Å². The molecule has 4 heteroatoms. The lowest BCUT2D eigenvalue weighted by Crippen LogP contribution is -2.22. The summed E-state index contributed by atoms with van der Waals surface area (Å²) in [5, 5.41) is 11.1. The average Bonchev–Trinajstić information content (AvgIpc) is 2.17. The molecule has 0 aliphatic heterocycles. The van der Waals surface area contributed by atoms with Crippen molar-refractivity contribution in [3.05, 3.63) is 41.3 Å². The van der Waals surface area contributed by atoms with Crippen LogP contribution in [0.1, 0.15) is 16.1 Å². The van der Waals surface area contributed by atoms with Gasteiger partial charge in [0.25, 0.3) is 0 Å². The molecule has 1 aromatic carbocycles. The molecular formula is C11H7FNO2-. The number of fused-ring (bicyclic) bond motifs is 1. The fourth-order valence-electron chi connectivity index (χ4n) is 1.50. The molecular weight excluding hydrogens is 197 g/mol. The molecule has 0 atom stereocenters. The van der Waals surface area contributed by atoms with Gasteiger partial charge >= 0.3 is 0 Å². The number of halogens is 1. The summed E-state index contributed by atoms with van der Waals surface area (Å²) in [4.78, 5) is 14.9. The minimum absolute atomic E-state index is 0.0306. The molecule has 0 aliphatic carbocycles. The topological polar surface area (TPSA) is 53.0 Å². The van der Waals surface area contributed by atoms with E-state index in [1.165, 1.54) is 18.2 Å². The maximum Gasteiger partial charge on any atom is 0.123 e. The minimum Gasteiger partial charge on any atom is -0.545 e. The van der Waals surface area contributed by atoms with Crippen LogP contribution in [-0.2, 0) is 0 Å². The van der Waals surface area contributed by atoms with Gasteiger partial charge in [-0.15, -0.1) is 0 Å². The fraction of sp³-hybridized carbons (Fsp3) is 0.0909. The number of nitrogens with zero attached hydrogens (tertiary/aromatic N) is 1. The molecule has 0 aliphatic rings. The molecule has 0 bridgehead atoms. The van der Waals surface area contributed by atoms with Gasteiger partial charge in [0.05, 0.1) is 11.5 Å². The van der Waals surface area contributed by atoms with Gasteiger partial charge in [0.15, 0.2) is 0 Å². The Balaban J connectivity index is 2.87. The van der Waals surface area contributed by atoms with Crippen molar-refractivity contribution in [3.63, 3.8) is 0 Å². The van der Waals surface area contributed by atoms with Crippen LogP contribution in [0.3, 0.4) is 0 Å². The predicted octanol–water partition coefficient (Wildman–Crippen LogP) is 1.05. The van der Waals surface area contributed by atoms with Crippen LogP contribution in [0.4, 0.5) is 4.39 Å². The molecule has 2 rings (SSSR count). The first kappa shape index (κ1) is 9.58. The second-order valence-electron chi connectivity index (χ2n) is 3.26. The summed E-state index contributed by atoms with van der Waals surface area (Å²) in [6, 6.07) is 5.21. The lowest BCUT2D eigenvalue weighted by atomic mass is 10.1. The van der Waals surface area contributed by atoms with Gasteiger partial charge in [0, 0.05) is 16.6 Å². The SMILES string of the molecule is Cc1cc(C(=O)[O-])c2cc(F)ccc2n1. The summed E-state index contributed by atoms with van der Waals surface area (Å²) in [7, 11) is 0. The zero-order chi connectivity index (χ0) is 11.0. The fourth-order valence-corrected chi connectivity index (χ4v) is 1.50. The number of carbonyl (C=O) groups excluding carboxylic acids is 1. The number of benzene rings is 1. The number of carboxylic acid groups (broad SMARTS) is 1. The summed E-state index contributed by atoms with van der Waals surface area (Å²) >= 11 is 0. The Bertz CT molecular complexity index is 552. The number of hydrogen-bond donors (Lipinski definition) is 0. The lowest BCUT2D eigenvalue weighted by molar-refractivity contribution is -0.254. The standard InChI is InChI=1S/C11H8FNO2/c1-6-4-9(11(14)15)8-5-7(12)2-3-10(8)13-6/h2-5H,1H3,(H,14,15)/p-1. The van der Waals surface area contributed by atoms with Crippen LogP contribution in [-0.4, -0.2) is 11.0 Å². The van der Waals surface area contributed by atoms with Crippen LogP contribution in [0.2, 0.25) is 0 Å². The third kappa shape index (κ3) is 1.66. The van der Waals surface area contributed by atoms with Crippen molar-refractivity contribution in [1.29, 1.82) is 0 Å². The van der Waals surface area contributed by atoms with Crippen molar-refractivity contribution in [2.75, 3.05) is 0 Å². The van der Waals surface area contributed by atoms with E-state index in [1.54, 1.807) is 6.92 Å². The molecule has 1 heterocycles. The predicted molar refractivity (Wildman–Crippen MR) is 50.8 cm³/mol. The molecule has 3 nitrogen and oxygen atoms in total. The number of aromatic nitrogens is 1. The van der Waals surface area contributed by atoms with Crippen LogP contribution in [0.15, 0.2) is 24.3 Å². The van der Waals surface area contributed by atoms with Crippen molar-refractivity contribution in [1.82, 2.24) is 4.98 Å². The second-order valence-corrected chi connectivity index (χ2v) is 3.26. The van der Waals surface area contributed by atoms with Crippen molar-refractivity contribution in [2.45, 2.75) is 6.92 Å². The van der Waals surface area contributed by atoms with E-state index in [0.29, 0.717) is 11.2 Å². The van der Waals surface area contributed by atoms with Crippen LogP contribution in [0.5, 0.6) is 0 Å². The number of hydrogen-bond acceptors (Lipinski definition) is 3. The molecule has 0 spiro atoms. The Morgan fingerprint density at radius 1 is 1.40 bits per heavy atom. The minimum atomic E-state index is -1.32. The molecule has 0 radical (unpaired) electrons. The average molecular weight is 204 g/mol. The molecule has 0 unspecified atom stereocenters. The van der Waals surface area contributed by atoms with Gasteiger partial charge in [0.2, 0.25) is 0 Å². The van der Waals surface area contributed by atoms with Crippen LogP contribution in [0, 0.1) is 12.7 Å². The van der Waals surface area contributed by atoms with E-state index < -0.39 is 11.8 Å². The van der Waals surface area contributed by atoms with Gasteiger partial charge in [-0.25, -0.2) is 4.39 Å². The van der Waals surface area contributed by atoms with E-state index in [1.807, 2.05) is 0 Å². The number of carboxylic acids is 1. The smallest absolute Gasteiger partial charge is 0.123 e. The Morgan fingerprint density at radius 3 is 2.80 bits per heavy atom. The van der Waals surface area contributed by atoms with Crippen LogP contribution >= 0.6 is 0 Å². The molecule has 1 aromatic heterocycles. The van der Waals surface area contributed by atoms with E-state index in [2.05, 4.69) is 4.98 Å². The highest BCUT2D eigenvalue weighted by molar-refractivity contribution is 6.01. The van der Waals surface area contributed by atoms with Gasteiger partial charge in [-0.2, -0.15) is 0 Å². The first-order valence-corrected chi connectivity index (χ1v) is 4.36. The second kappa shape index (κ2) is 3.31. The largest absolute Gasteiger partial charge is 0.545 e. The summed E-state index contributed by atoms with van der Waals surface area (Å²) in [6.07, 6.45) is 0.